The molecule has 1 N–H and O–H groups in total. The minimum atomic E-state index is -0.272. The molecule has 4 heteroatoms. The summed E-state index contributed by atoms with van der Waals surface area (Å²) in [5.41, 5.74) is 0.979. The van der Waals surface area contributed by atoms with Gasteiger partial charge in [0.05, 0.1) is 0 Å². The van der Waals surface area contributed by atoms with Crippen molar-refractivity contribution < 1.29 is 4.39 Å². The van der Waals surface area contributed by atoms with Crippen molar-refractivity contribution >= 4 is 11.6 Å². The van der Waals surface area contributed by atoms with Crippen molar-refractivity contribution in [2.75, 3.05) is 13.1 Å². The average Bonchev–Trinajstić information content (AvgIpc) is 3.23. The Balaban J connectivity index is 1.47. The summed E-state index contributed by atoms with van der Waals surface area (Å²) >= 11 is 6.03. The largest absolute Gasteiger partial charge is 0.310 e. The number of nitrogens with one attached hydrogen (secondary N) is 1. The Kier molecular flexibility index (Phi) is 4.06. The van der Waals surface area contributed by atoms with Gasteiger partial charge in [0.2, 0.25) is 0 Å². The second-order valence-corrected chi connectivity index (χ2v) is 6.07. The van der Waals surface area contributed by atoms with Crippen LogP contribution in [0.15, 0.2) is 18.2 Å². The SMILES string of the molecule is Fc1ccc(CNC2CCN(C3CC3)CC2)c(Cl)c1. The standard InChI is InChI=1S/C15H20ClFN2/c16-15-9-12(17)2-1-11(15)10-18-13-5-7-19(8-6-13)14-3-4-14/h1-2,9,13-14,18H,3-8,10H2. The molecule has 1 saturated heterocycles. The smallest absolute Gasteiger partial charge is 0.124 e. The molecular weight excluding hydrogens is 263 g/mol. The van der Waals surface area contributed by atoms with Crippen molar-refractivity contribution in [1.82, 2.24) is 10.2 Å². The van der Waals surface area contributed by atoms with E-state index in [1.807, 2.05) is 0 Å². The molecule has 1 saturated carbocycles. The zero-order valence-electron chi connectivity index (χ0n) is 11.0. The first kappa shape index (κ1) is 13.3. The van der Waals surface area contributed by atoms with Crippen LogP contribution in [0.25, 0.3) is 0 Å². The third kappa shape index (κ3) is 3.47. The van der Waals surface area contributed by atoms with Crippen LogP contribution in [0.1, 0.15) is 31.2 Å². The van der Waals surface area contributed by atoms with Gasteiger partial charge in [-0.2, -0.15) is 0 Å². The summed E-state index contributed by atoms with van der Waals surface area (Å²) in [5, 5.41) is 4.06. The Bertz CT molecular complexity index is 440. The Morgan fingerprint density at radius 1 is 1.21 bits per heavy atom. The fourth-order valence-corrected chi connectivity index (χ4v) is 3.06. The van der Waals surface area contributed by atoms with E-state index < -0.39 is 0 Å². The van der Waals surface area contributed by atoms with Crippen LogP contribution in [-0.4, -0.2) is 30.1 Å². The minimum Gasteiger partial charge on any atom is -0.310 e. The number of halogens is 2. The van der Waals surface area contributed by atoms with Crippen LogP contribution in [0.2, 0.25) is 5.02 Å². The Morgan fingerprint density at radius 2 is 1.95 bits per heavy atom. The number of rotatable bonds is 4. The fourth-order valence-electron chi connectivity index (χ4n) is 2.83. The normalized spacial score (nSPS) is 21.8. The molecule has 2 fully saturated rings. The van der Waals surface area contributed by atoms with Gasteiger partial charge in [0.25, 0.3) is 0 Å². The maximum absolute atomic E-state index is 13.0. The number of hydrogen-bond donors (Lipinski definition) is 1. The van der Waals surface area contributed by atoms with Gasteiger partial charge in [-0.25, -0.2) is 4.39 Å². The second-order valence-electron chi connectivity index (χ2n) is 5.66. The van der Waals surface area contributed by atoms with Gasteiger partial charge in [-0.05, 0) is 56.5 Å². The molecule has 0 amide bonds. The van der Waals surface area contributed by atoms with Crippen LogP contribution in [-0.2, 0) is 6.54 Å². The topological polar surface area (TPSA) is 15.3 Å². The lowest BCUT2D eigenvalue weighted by Crippen LogP contribution is -2.43. The molecule has 2 nitrogen and oxygen atoms in total. The van der Waals surface area contributed by atoms with Crippen molar-refractivity contribution in [2.24, 2.45) is 0 Å². The molecule has 1 aliphatic carbocycles. The quantitative estimate of drug-likeness (QED) is 0.912. The summed E-state index contributed by atoms with van der Waals surface area (Å²) in [6.45, 7) is 3.15. The Hall–Kier alpha value is -0.640. The highest BCUT2D eigenvalue weighted by molar-refractivity contribution is 6.31. The van der Waals surface area contributed by atoms with Gasteiger partial charge in [-0.15, -0.1) is 0 Å². The molecule has 0 aromatic heterocycles. The van der Waals surface area contributed by atoms with Gasteiger partial charge in [0.15, 0.2) is 0 Å². The lowest BCUT2D eigenvalue weighted by atomic mass is 10.0. The molecule has 3 rings (SSSR count). The monoisotopic (exact) mass is 282 g/mol. The first-order valence-corrected chi connectivity index (χ1v) is 7.51. The van der Waals surface area contributed by atoms with Crippen molar-refractivity contribution in [3.63, 3.8) is 0 Å². The third-order valence-electron chi connectivity index (χ3n) is 4.19. The van der Waals surface area contributed by atoms with E-state index >= 15 is 0 Å². The Morgan fingerprint density at radius 3 is 2.58 bits per heavy atom. The highest BCUT2D eigenvalue weighted by Gasteiger charge is 2.31. The molecule has 0 spiro atoms. The van der Waals surface area contributed by atoms with E-state index in [2.05, 4.69) is 10.2 Å². The lowest BCUT2D eigenvalue weighted by molar-refractivity contribution is 0.189. The van der Waals surface area contributed by atoms with Gasteiger partial charge < -0.3 is 10.2 Å². The van der Waals surface area contributed by atoms with E-state index in [-0.39, 0.29) is 5.82 Å². The van der Waals surface area contributed by atoms with Crippen molar-refractivity contribution in [1.29, 1.82) is 0 Å². The summed E-state index contributed by atoms with van der Waals surface area (Å²) in [5.74, 6) is -0.272. The third-order valence-corrected chi connectivity index (χ3v) is 4.54. The summed E-state index contributed by atoms with van der Waals surface area (Å²) in [4.78, 5) is 2.61. The molecule has 0 atom stereocenters. The van der Waals surface area contributed by atoms with Crippen LogP contribution < -0.4 is 5.32 Å². The molecule has 2 aliphatic rings. The van der Waals surface area contributed by atoms with Gasteiger partial charge in [0.1, 0.15) is 5.82 Å². The molecule has 1 heterocycles. The van der Waals surface area contributed by atoms with Crippen LogP contribution in [0.4, 0.5) is 4.39 Å². The summed E-state index contributed by atoms with van der Waals surface area (Å²) in [6.07, 6.45) is 5.19. The maximum atomic E-state index is 13.0. The van der Waals surface area contributed by atoms with Crippen LogP contribution >= 0.6 is 11.6 Å². The van der Waals surface area contributed by atoms with E-state index in [0.29, 0.717) is 11.1 Å². The number of benzene rings is 1. The molecule has 0 radical (unpaired) electrons. The van der Waals surface area contributed by atoms with Crippen molar-refractivity contribution in [2.45, 2.75) is 44.3 Å². The summed E-state index contributed by atoms with van der Waals surface area (Å²) < 4.78 is 13.0. The first-order chi connectivity index (χ1) is 9.22. The molecule has 19 heavy (non-hydrogen) atoms. The summed E-state index contributed by atoms with van der Waals surface area (Å²) in [6, 6.07) is 6.07. The number of hydrogen-bond acceptors (Lipinski definition) is 2. The molecule has 0 bridgehead atoms. The van der Waals surface area contributed by atoms with E-state index in [9.17, 15) is 4.39 Å². The van der Waals surface area contributed by atoms with E-state index in [1.165, 1.54) is 50.9 Å². The van der Waals surface area contributed by atoms with Crippen LogP contribution in [0.3, 0.4) is 0 Å². The van der Waals surface area contributed by atoms with Gasteiger partial charge in [0, 0.05) is 23.7 Å². The van der Waals surface area contributed by atoms with Gasteiger partial charge in [-0.1, -0.05) is 17.7 Å². The highest BCUT2D eigenvalue weighted by atomic mass is 35.5. The number of likely N-dealkylation sites (tertiary alicyclic amines) is 1. The predicted octanol–water partition coefficient (Wildman–Crippen LogP) is 3.20. The van der Waals surface area contributed by atoms with Crippen LogP contribution in [0.5, 0.6) is 0 Å². The first-order valence-electron chi connectivity index (χ1n) is 7.14. The molecule has 0 unspecified atom stereocenters. The minimum absolute atomic E-state index is 0.272. The number of nitrogens with zero attached hydrogens (tertiary/aromatic N) is 1. The Labute approximate surface area is 118 Å². The molecule has 1 aromatic rings. The van der Waals surface area contributed by atoms with Crippen molar-refractivity contribution in [3.05, 3.63) is 34.6 Å². The molecular formula is C15H20ClFN2. The lowest BCUT2D eigenvalue weighted by Gasteiger charge is -2.32. The fraction of sp³-hybridized carbons (Fsp3) is 0.600. The van der Waals surface area contributed by atoms with Gasteiger partial charge in [-0.3, -0.25) is 0 Å². The highest BCUT2D eigenvalue weighted by Crippen LogP contribution is 2.29. The number of piperidine rings is 1. The maximum Gasteiger partial charge on any atom is 0.124 e. The predicted molar refractivity (Wildman–Crippen MR) is 75.9 cm³/mol. The second kappa shape index (κ2) is 5.78. The molecule has 1 aromatic carbocycles. The van der Waals surface area contributed by atoms with Gasteiger partial charge >= 0.3 is 0 Å². The molecule has 104 valence electrons. The van der Waals surface area contributed by atoms with Crippen molar-refractivity contribution in [3.8, 4) is 0 Å². The summed E-state index contributed by atoms with van der Waals surface area (Å²) in [7, 11) is 0. The van der Waals surface area contributed by atoms with Crippen LogP contribution in [0, 0.1) is 5.82 Å². The van der Waals surface area contributed by atoms with E-state index in [0.717, 1.165) is 18.2 Å². The zero-order chi connectivity index (χ0) is 13.2. The zero-order valence-corrected chi connectivity index (χ0v) is 11.8. The molecule has 1 aliphatic heterocycles. The van der Waals surface area contributed by atoms with E-state index in [1.54, 1.807) is 6.07 Å². The van der Waals surface area contributed by atoms with E-state index in [4.69, 9.17) is 11.6 Å². The average molecular weight is 283 g/mol.